The molecule has 0 aromatic heterocycles. The first-order valence-corrected chi connectivity index (χ1v) is 7.72. The van der Waals surface area contributed by atoms with Crippen LogP contribution >= 0.6 is 0 Å². The summed E-state index contributed by atoms with van der Waals surface area (Å²) < 4.78 is 16.8. The zero-order valence-electron chi connectivity index (χ0n) is 13.3. The Labute approximate surface area is 130 Å². The molecular formula is C17H22O5. The van der Waals surface area contributed by atoms with Crippen LogP contribution in [-0.2, 0) is 23.8 Å². The fraction of sp³-hybridized carbons (Fsp3) is 0.647. The van der Waals surface area contributed by atoms with Crippen LogP contribution in [0, 0.1) is 5.92 Å². The number of carbonyl (C=O) groups is 2. The molecule has 22 heavy (non-hydrogen) atoms. The van der Waals surface area contributed by atoms with E-state index in [0.717, 1.165) is 18.4 Å². The summed E-state index contributed by atoms with van der Waals surface area (Å²) in [7, 11) is 0. The maximum absolute atomic E-state index is 12.0. The molecule has 3 rings (SSSR count). The molecular weight excluding hydrogens is 284 g/mol. The number of epoxide rings is 1. The van der Waals surface area contributed by atoms with Gasteiger partial charge < -0.3 is 14.2 Å². The van der Waals surface area contributed by atoms with Crippen LogP contribution in [0.3, 0.4) is 0 Å². The maximum Gasteiger partial charge on any atom is 0.334 e. The molecule has 0 aromatic rings. The van der Waals surface area contributed by atoms with Gasteiger partial charge in [0.25, 0.3) is 0 Å². The molecule has 5 nitrogen and oxygen atoms in total. The smallest absolute Gasteiger partial charge is 0.334 e. The minimum atomic E-state index is -0.514. The second kappa shape index (κ2) is 5.23. The molecule has 0 radical (unpaired) electrons. The Morgan fingerprint density at radius 3 is 2.91 bits per heavy atom. The Hall–Kier alpha value is -1.62. The molecule has 3 aliphatic rings. The standard InChI is InChI=1S/C17H22O5/c1-9-5-6-14-17(4,22-14)8-13-15(10(2)16(19)21-13)12(7-9)20-11(3)18/h7,12-15H,2,5-6,8H2,1,3-4H3/b9-7+/t12-,13+,14-,15-,17+/m0/s1. The van der Waals surface area contributed by atoms with Crippen molar-refractivity contribution in [3.8, 4) is 0 Å². The number of esters is 2. The number of rotatable bonds is 1. The molecule has 0 bridgehead atoms. The van der Waals surface area contributed by atoms with Crippen LogP contribution in [0.5, 0.6) is 0 Å². The van der Waals surface area contributed by atoms with Crippen molar-refractivity contribution >= 4 is 11.9 Å². The molecule has 2 saturated heterocycles. The third kappa shape index (κ3) is 2.70. The molecule has 0 unspecified atom stereocenters. The Kier molecular flexibility index (Phi) is 3.63. The molecule has 5 heteroatoms. The summed E-state index contributed by atoms with van der Waals surface area (Å²) in [6.07, 6.45) is 3.68. The maximum atomic E-state index is 12.0. The number of ether oxygens (including phenoxy) is 3. The molecule has 1 aliphatic carbocycles. The molecule has 0 amide bonds. The first-order valence-electron chi connectivity index (χ1n) is 7.72. The van der Waals surface area contributed by atoms with Gasteiger partial charge in [-0.1, -0.05) is 12.2 Å². The van der Waals surface area contributed by atoms with Gasteiger partial charge in [0.1, 0.15) is 12.2 Å². The van der Waals surface area contributed by atoms with E-state index in [2.05, 4.69) is 6.58 Å². The minimum Gasteiger partial charge on any atom is -0.458 e. The predicted molar refractivity (Wildman–Crippen MR) is 79.0 cm³/mol. The Morgan fingerprint density at radius 2 is 2.23 bits per heavy atom. The van der Waals surface area contributed by atoms with E-state index in [0.29, 0.717) is 12.0 Å². The van der Waals surface area contributed by atoms with Gasteiger partial charge in [0.05, 0.1) is 17.6 Å². The summed E-state index contributed by atoms with van der Waals surface area (Å²) in [6.45, 7) is 9.28. The fourth-order valence-corrected chi connectivity index (χ4v) is 3.58. The minimum absolute atomic E-state index is 0.203. The molecule has 2 fully saturated rings. The lowest BCUT2D eigenvalue weighted by Crippen LogP contribution is -2.35. The highest BCUT2D eigenvalue weighted by molar-refractivity contribution is 5.91. The van der Waals surface area contributed by atoms with Crippen molar-refractivity contribution in [3.63, 3.8) is 0 Å². The van der Waals surface area contributed by atoms with Crippen LogP contribution in [0.25, 0.3) is 0 Å². The van der Waals surface area contributed by atoms with Crippen LogP contribution in [0.15, 0.2) is 23.8 Å². The first kappa shape index (κ1) is 15.3. The monoisotopic (exact) mass is 306 g/mol. The fourth-order valence-electron chi connectivity index (χ4n) is 3.58. The highest BCUT2D eigenvalue weighted by atomic mass is 16.6. The Bertz CT molecular complexity index is 563. The van der Waals surface area contributed by atoms with Gasteiger partial charge in [-0.25, -0.2) is 4.79 Å². The van der Waals surface area contributed by atoms with Crippen molar-refractivity contribution in [1.82, 2.24) is 0 Å². The summed E-state index contributed by atoms with van der Waals surface area (Å²) in [5.74, 6) is -1.12. The number of hydrogen-bond acceptors (Lipinski definition) is 5. The van der Waals surface area contributed by atoms with Crippen molar-refractivity contribution in [2.24, 2.45) is 5.92 Å². The van der Waals surface area contributed by atoms with E-state index in [4.69, 9.17) is 14.2 Å². The average molecular weight is 306 g/mol. The summed E-state index contributed by atoms with van der Waals surface area (Å²) in [5.41, 5.74) is 1.24. The molecule has 0 spiro atoms. The van der Waals surface area contributed by atoms with Crippen molar-refractivity contribution in [1.29, 1.82) is 0 Å². The number of carbonyl (C=O) groups excluding carboxylic acids is 2. The molecule has 0 aromatic carbocycles. The topological polar surface area (TPSA) is 65.1 Å². The first-order chi connectivity index (χ1) is 10.3. The second-order valence-electron chi connectivity index (χ2n) is 6.74. The third-order valence-corrected chi connectivity index (χ3v) is 4.87. The Balaban J connectivity index is 1.95. The van der Waals surface area contributed by atoms with E-state index < -0.39 is 12.1 Å². The molecule has 0 N–H and O–H groups in total. The largest absolute Gasteiger partial charge is 0.458 e. The van der Waals surface area contributed by atoms with Crippen molar-refractivity contribution in [3.05, 3.63) is 23.8 Å². The summed E-state index contributed by atoms with van der Waals surface area (Å²) in [5, 5.41) is 0. The van der Waals surface area contributed by atoms with Gasteiger partial charge in [0.15, 0.2) is 0 Å². The summed E-state index contributed by atoms with van der Waals surface area (Å²) in [6, 6.07) is 0. The third-order valence-electron chi connectivity index (χ3n) is 4.87. The van der Waals surface area contributed by atoms with E-state index in [1.165, 1.54) is 6.92 Å². The van der Waals surface area contributed by atoms with E-state index in [1.807, 2.05) is 19.9 Å². The number of fused-ring (bicyclic) bond motifs is 2. The zero-order valence-corrected chi connectivity index (χ0v) is 13.3. The van der Waals surface area contributed by atoms with Gasteiger partial charge in [0, 0.05) is 18.9 Å². The van der Waals surface area contributed by atoms with Crippen LogP contribution in [0.1, 0.15) is 40.0 Å². The van der Waals surface area contributed by atoms with Gasteiger partial charge in [-0.3, -0.25) is 4.79 Å². The van der Waals surface area contributed by atoms with Gasteiger partial charge in [-0.05, 0) is 32.8 Å². The number of allylic oxidation sites excluding steroid dienone is 1. The quantitative estimate of drug-likeness (QED) is 0.322. The van der Waals surface area contributed by atoms with E-state index in [-0.39, 0.29) is 29.7 Å². The lowest BCUT2D eigenvalue weighted by molar-refractivity contribution is -0.147. The highest BCUT2D eigenvalue weighted by Crippen LogP contribution is 2.48. The van der Waals surface area contributed by atoms with E-state index in [9.17, 15) is 9.59 Å². The predicted octanol–water partition coefficient (Wildman–Crippen LogP) is 2.30. The lowest BCUT2D eigenvalue weighted by Gasteiger charge is -2.27. The molecule has 120 valence electrons. The zero-order chi connectivity index (χ0) is 16.1. The Morgan fingerprint density at radius 1 is 1.50 bits per heavy atom. The summed E-state index contributed by atoms with van der Waals surface area (Å²) >= 11 is 0. The van der Waals surface area contributed by atoms with Crippen LogP contribution < -0.4 is 0 Å². The van der Waals surface area contributed by atoms with Gasteiger partial charge in [-0.2, -0.15) is 0 Å². The SMILES string of the molecule is C=C1C(=O)O[C@@H]2C[C@@]3(C)O[C@H]3CC/C(C)=C/[C@H](OC(C)=O)[C@H]12. The van der Waals surface area contributed by atoms with Gasteiger partial charge in [0.2, 0.25) is 0 Å². The summed E-state index contributed by atoms with van der Waals surface area (Å²) in [4.78, 5) is 23.4. The highest BCUT2D eigenvalue weighted by Gasteiger charge is 2.57. The molecule has 0 saturated carbocycles. The second-order valence-corrected chi connectivity index (χ2v) is 6.74. The molecule has 2 aliphatic heterocycles. The molecule has 5 atom stereocenters. The molecule has 2 heterocycles. The van der Waals surface area contributed by atoms with Crippen molar-refractivity contribution in [2.75, 3.05) is 0 Å². The van der Waals surface area contributed by atoms with Crippen LogP contribution in [-0.4, -0.2) is 35.9 Å². The van der Waals surface area contributed by atoms with Gasteiger partial charge in [-0.15, -0.1) is 0 Å². The van der Waals surface area contributed by atoms with Crippen LogP contribution in [0.4, 0.5) is 0 Å². The van der Waals surface area contributed by atoms with Crippen LogP contribution in [0.2, 0.25) is 0 Å². The van der Waals surface area contributed by atoms with E-state index in [1.54, 1.807) is 0 Å². The van der Waals surface area contributed by atoms with E-state index >= 15 is 0 Å². The normalized spacial score (nSPS) is 43.3. The van der Waals surface area contributed by atoms with Crippen molar-refractivity contribution in [2.45, 2.75) is 63.9 Å². The lowest BCUT2D eigenvalue weighted by atomic mass is 9.83. The van der Waals surface area contributed by atoms with Crippen molar-refractivity contribution < 1.29 is 23.8 Å². The number of hydrogen-bond donors (Lipinski definition) is 0. The average Bonchev–Trinajstić information content (AvgIpc) is 2.96. The van der Waals surface area contributed by atoms with Gasteiger partial charge >= 0.3 is 11.9 Å².